The number of hydrogen-bond donors (Lipinski definition) is 4. The smallest absolute Gasteiger partial charge is 0.200 e. The Morgan fingerprint density at radius 3 is 0.914 bits per heavy atom. The number of aliphatic imine (C=N–C) groups is 2. The lowest BCUT2D eigenvalue weighted by molar-refractivity contribution is 0.844. The zero-order valence-corrected chi connectivity index (χ0v) is 19.6. The van der Waals surface area contributed by atoms with Crippen molar-refractivity contribution in [3.8, 4) is 0 Å². The lowest BCUT2D eigenvalue weighted by Gasteiger charge is -2.13. The van der Waals surface area contributed by atoms with Gasteiger partial charge in [-0.1, -0.05) is 72.8 Å². The maximum absolute atomic E-state index is 4.76. The van der Waals surface area contributed by atoms with Crippen LogP contribution in [0.4, 0.5) is 22.7 Å². The van der Waals surface area contributed by atoms with Crippen LogP contribution in [0.3, 0.4) is 0 Å². The zero-order valence-electron chi connectivity index (χ0n) is 19.6. The maximum Gasteiger partial charge on any atom is 0.200 e. The standard InChI is InChI=1S/C29H30N6/c1-5-14-24(15-6-1)32-28(33-25-16-7-2-8-17-25)30-22-13-23-31-29(34-26-18-9-3-10-19-26)35-27-20-11-4-12-21-27/h1-12,14-21H,13,22-23H2,(H2,30,32,33)(H2,31,34,35). The first-order valence-electron chi connectivity index (χ1n) is 11.7. The van der Waals surface area contributed by atoms with Crippen LogP contribution in [0, 0.1) is 0 Å². The van der Waals surface area contributed by atoms with Crippen LogP contribution in [0.1, 0.15) is 6.42 Å². The molecule has 0 amide bonds. The highest BCUT2D eigenvalue weighted by molar-refractivity contribution is 6.04. The quantitative estimate of drug-likeness (QED) is 0.136. The van der Waals surface area contributed by atoms with E-state index in [0.29, 0.717) is 25.0 Å². The number of rotatable bonds is 8. The van der Waals surface area contributed by atoms with Gasteiger partial charge in [-0.15, -0.1) is 0 Å². The minimum absolute atomic E-state index is 0.627. The largest absolute Gasteiger partial charge is 0.326 e. The number of guanidine groups is 2. The Morgan fingerprint density at radius 1 is 0.400 bits per heavy atom. The average Bonchev–Trinajstić information content (AvgIpc) is 2.91. The third-order valence-electron chi connectivity index (χ3n) is 5.00. The van der Waals surface area contributed by atoms with Crippen molar-refractivity contribution in [1.29, 1.82) is 0 Å². The lowest BCUT2D eigenvalue weighted by atomic mass is 10.3. The predicted molar refractivity (Wildman–Crippen MR) is 149 cm³/mol. The molecule has 176 valence electrons. The van der Waals surface area contributed by atoms with Crippen LogP contribution < -0.4 is 21.3 Å². The summed E-state index contributed by atoms with van der Waals surface area (Å²) in [5, 5.41) is 13.5. The van der Waals surface area contributed by atoms with E-state index in [4.69, 9.17) is 9.98 Å². The second-order valence-corrected chi connectivity index (χ2v) is 7.78. The van der Waals surface area contributed by atoms with Gasteiger partial charge in [0.15, 0.2) is 11.9 Å². The fourth-order valence-electron chi connectivity index (χ4n) is 3.31. The molecule has 0 saturated heterocycles. The number of nitrogens with zero attached hydrogens (tertiary/aromatic N) is 2. The summed E-state index contributed by atoms with van der Waals surface area (Å²) in [4.78, 5) is 9.53. The topological polar surface area (TPSA) is 72.8 Å². The Hall–Kier alpha value is -4.58. The molecule has 0 aliphatic heterocycles. The van der Waals surface area contributed by atoms with Gasteiger partial charge in [0.25, 0.3) is 0 Å². The fourth-order valence-corrected chi connectivity index (χ4v) is 3.31. The second kappa shape index (κ2) is 13.2. The molecule has 0 aromatic heterocycles. The molecule has 0 spiro atoms. The summed E-state index contributed by atoms with van der Waals surface area (Å²) in [7, 11) is 0. The fraction of sp³-hybridized carbons (Fsp3) is 0.103. The van der Waals surface area contributed by atoms with E-state index in [1.165, 1.54) is 0 Å². The molecule has 4 aromatic carbocycles. The first-order chi connectivity index (χ1) is 17.3. The number of benzene rings is 4. The third kappa shape index (κ3) is 8.37. The van der Waals surface area contributed by atoms with Crippen molar-refractivity contribution in [2.45, 2.75) is 6.42 Å². The van der Waals surface area contributed by atoms with Gasteiger partial charge < -0.3 is 21.3 Å². The number of anilines is 4. The molecule has 4 N–H and O–H groups in total. The van der Waals surface area contributed by atoms with Gasteiger partial charge in [0.2, 0.25) is 0 Å². The third-order valence-corrected chi connectivity index (χ3v) is 5.00. The van der Waals surface area contributed by atoms with Crippen LogP contribution in [0.2, 0.25) is 0 Å². The Kier molecular flexibility index (Phi) is 8.89. The van der Waals surface area contributed by atoms with Gasteiger partial charge in [-0.25, -0.2) is 0 Å². The molecule has 0 unspecified atom stereocenters. The van der Waals surface area contributed by atoms with Gasteiger partial charge in [0.05, 0.1) is 0 Å². The summed E-state index contributed by atoms with van der Waals surface area (Å²) >= 11 is 0. The van der Waals surface area contributed by atoms with E-state index in [0.717, 1.165) is 29.2 Å². The van der Waals surface area contributed by atoms with Crippen LogP contribution in [-0.2, 0) is 0 Å². The van der Waals surface area contributed by atoms with Crippen molar-refractivity contribution in [1.82, 2.24) is 0 Å². The van der Waals surface area contributed by atoms with E-state index in [2.05, 4.69) is 21.3 Å². The number of para-hydroxylation sites is 4. The molecule has 35 heavy (non-hydrogen) atoms. The highest BCUT2D eigenvalue weighted by Gasteiger charge is 2.03. The van der Waals surface area contributed by atoms with E-state index in [1.54, 1.807) is 0 Å². The SMILES string of the molecule is c1ccc(NC(=NCCCN=C(Nc2ccccc2)Nc2ccccc2)Nc2ccccc2)cc1. The van der Waals surface area contributed by atoms with Crippen LogP contribution in [0.25, 0.3) is 0 Å². The Bertz CT molecular complexity index is 1010. The van der Waals surface area contributed by atoms with Crippen molar-refractivity contribution in [2.24, 2.45) is 9.98 Å². The molecule has 4 aromatic rings. The van der Waals surface area contributed by atoms with Gasteiger partial charge in [0, 0.05) is 35.8 Å². The van der Waals surface area contributed by atoms with Crippen molar-refractivity contribution in [3.63, 3.8) is 0 Å². The number of hydrogen-bond acceptors (Lipinski definition) is 2. The highest BCUT2D eigenvalue weighted by atomic mass is 15.2. The average molecular weight is 463 g/mol. The summed E-state index contributed by atoms with van der Waals surface area (Å²) < 4.78 is 0. The van der Waals surface area contributed by atoms with Crippen LogP contribution >= 0.6 is 0 Å². The molecule has 0 fully saturated rings. The summed E-state index contributed by atoms with van der Waals surface area (Å²) in [6, 6.07) is 40.1. The van der Waals surface area contributed by atoms with Crippen molar-refractivity contribution in [3.05, 3.63) is 121 Å². The second-order valence-electron chi connectivity index (χ2n) is 7.78. The van der Waals surface area contributed by atoms with Crippen LogP contribution in [0.5, 0.6) is 0 Å². The van der Waals surface area contributed by atoms with Crippen molar-refractivity contribution < 1.29 is 0 Å². The molecule has 6 nitrogen and oxygen atoms in total. The van der Waals surface area contributed by atoms with E-state index in [9.17, 15) is 0 Å². The predicted octanol–water partition coefficient (Wildman–Crippen LogP) is 6.54. The highest BCUT2D eigenvalue weighted by Crippen LogP contribution is 2.11. The number of nitrogens with one attached hydrogen (secondary N) is 4. The van der Waals surface area contributed by atoms with E-state index in [-0.39, 0.29) is 0 Å². The maximum atomic E-state index is 4.76. The van der Waals surface area contributed by atoms with E-state index >= 15 is 0 Å². The summed E-state index contributed by atoms with van der Waals surface area (Å²) in [5.74, 6) is 1.41. The molecule has 0 radical (unpaired) electrons. The van der Waals surface area contributed by atoms with E-state index < -0.39 is 0 Å². The van der Waals surface area contributed by atoms with E-state index in [1.807, 2.05) is 121 Å². The van der Waals surface area contributed by atoms with Gasteiger partial charge >= 0.3 is 0 Å². The van der Waals surface area contributed by atoms with Crippen LogP contribution in [0.15, 0.2) is 131 Å². The van der Waals surface area contributed by atoms with Crippen LogP contribution in [-0.4, -0.2) is 25.0 Å². The summed E-state index contributed by atoms with van der Waals surface area (Å²) in [6.45, 7) is 1.25. The molecule has 0 aliphatic carbocycles. The van der Waals surface area contributed by atoms with Crippen molar-refractivity contribution >= 4 is 34.7 Å². The first-order valence-corrected chi connectivity index (χ1v) is 11.7. The summed E-state index contributed by atoms with van der Waals surface area (Å²) in [6.07, 6.45) is 0.798. The molecule has 0 saturated carbocycles. The Balaban J connectivity index is 1.39. The normalized spacial score (nSPS) is 10.1. The molecular weight excluding hydrogens is 432 g/mol. The lowest BCUT2D eigenvalue weighted by Crippen LogP contribution is -2.23. The zero-order chi connectivity index (χ0) is 24.0. The molecule has 6 heteroatoms. The van der Waals surface area contributed by atoms with Gasteiger partial charge in [-0.3, -0.25) is 9.98 Å². The molecule has 0 atom stereocenters. The summed E-state index contributed by atoms with van der Waals surface area (Å²) in [5.41, 5.74) is 3.92. The van der Waals surface area contributed by atoms with Gasteiger partial charge in [0.1, 0.15) is 0 Å². The Labute approximate surface area is 206 Å². The molecule has 4 rings (SSSR count). The minimum Gasteiger partial charge on any atom is -0.326 e. The molecular formula is C29H30N6. The minimum atomic E-state index is 0.627. The molecule has 0 heterocycles. The molecule has 0 aliphatic rings. The van der Waals surface area contributed by atoms with Gasteiger partial charge in [-0.05, 0) is 55.0 Å². The van der Waals surface area contributed by atoms with Gasteiger partial charge in [-0.2, -0.15) is 0 Å². The Morgan fingerprint density at radius 2 is 0.657 bits per heavy atom. The molecule has 0 bridgehead atoms. The monoisotopic (exact) mass is 462 g/mol. The van der Waals surface area contributed by atoms with Crippen molar-refractivity contribution in [2.75, 3.05) is 34.4 Å². The first kappa shape index (κ1) is 23.6.